The van der Waals surface area contributed by atoms with Crippen molar-refractivity contribution in [1.29, 1.82) is 0 Å². The molecule has 1 N–H and O–H groups in total. The van der Waals surface area contributed by atoms with Crippen LogP contribution in [0.4, 0.5) is 10.5 Å². The van der Waals surface area contributed by atoms with Gasteiger partial charge in [0.1, 0.15) is 5.75 Å². The van der Waals surface area contributed by atoms with E-state index in [0.717, 1.165) is 53.3 Å². The van der Waals surface area contributed by atoms with Gasteiger partial charge in [-0.15, -0.1) is 0 Å². The monoisotopic (exact) mass is 427 g/mol. The molecule has 5 rings (SSSR count). The standard InChI is InChI=1S/C25H25N5O2/c1-32-21-11-9-18(10-12-21)22-16-27-30-23(13-14-26-24(22)30)19-6-5-15-29(17-19)25(31)28-20-7-3-2-4-8-20/h2-4,7-14,16,19H,5-6,15,17H2,1H3,(H,28,31). The molecule has 0 radical (unpaired) electrons. The van der Waals surface area contributed by atoms with Crippen molar-refractivity contribution in [2.24, 2.45) is 0 Å². The first-order valence-corrected chi connectivity index (χ1v) is 10.8. The quantitative estimate of drug-likeness (QED) is 0.507. The Kier molecular flexibility index (Phi) is 5.46. The van der Waals surface area contributed by atoms with E-state index in [2.05, 4.69) is 15.4 Å². The third kappa shape index (κ3) is 3.89. The Hall–Kier alpha value is -3.87. The topological polar surface area (TPSA) is 71.8 Å². The van der Waals surface area contributed by atoms with Gasteiger partial charge in [-0.05, 0) is 48.7 Å². The van der Waals surface area contributed by atoms with Crippen LogP contribution in [0, 0.1) is 0 Å². The Labute approximate surface area is 186 Å². The van der Waals surface area contributed by atoms with Gasteiger partial charge in [0.05, 0.1) is 19.0 Å². The number of benzene rings is 2. The molecule has 2 amide bonds. The van der Waals surface area contributed by atoms with Crippen molar-refractivity contribution < 1.29 is 9.53 Å². The van der Waals surface area contributed by atoms with Crippen LogP contribution in [0.2, 0.25) is 0 Å². The van der Waals surface area contributed by atoms with Gasteiger partial charge < -0.3 is 15.0 Å². The van der Waals surface area contributed by atoms with Crippen molar-refractivity contribution in [1.82, 2.24) is 19.5 Å². The fourth-order valence-corrected chi connectivity index (χ4v) is 4.32. The van der Waals surface area contributed by atoms with Crippen LogP contribution in [0.1, 0.15) is 24.5 Å². The number of amides is 2. The Balaban J connectivity index is 1.39. The summed E-state index contributed by atoms with van der Waals surface area (Å²) < 4.78 is 7.18. The van der Waals surface area contributed by atoms with E-state index in [0.29, 0.717) is 6.54 Å². The molecule has 0 spiro atoms. The van der Waals surface area contributed by atoms with Crippen molar-refractivity contribution in [2.75, 3.05) is 25.5 Å². The number of rotatable bonds is 4. The number of para-hydroxylation sites is 1. The molecule has 7 heteroatoms. The fourth-order valence-electron chi connectivity index (χ4n) is 4.32. The molecule has 32 heavy (non-hydrogen) atoms. The molecular weight excluding hydrogens is 402 g/mol. The molecule has 1 atom stereocenters. The predicted octanol–water partition coefficient (Wildman–Crippen LogP) is 4.82. The molecule has 162 valence electrons. The molecule has 0 saturated carbocycles. The number of ether oxygens (including phenoxy) is 1. The smallest absolute Gasteiger partial charge is 0.321 e. The summed E-state index contributed by atoms with van der Waals surface area (Å²) in [7, 11) is 1.66. The number of likely N-dealkylation sites (tertiary alicyclic amines) is 1. The van der Waals surface area contributed by atoms with Crippen LogP contribution >= 0.6 is 0 Å². The van der Waals surface area contributed by atoms with Crippen molar-refractivity contribution in [3.05, 3.63) is 78.8 Å². The SMILES string of the molecule is COc1ccc(-c2cnn3c(C4CCCN(C(=O)Nc5ccccc5)C4)ccnc23)cc1. The largest absolute Gasteiger partial charge is 0.497 e. The summed E-state index contributed by atoms with van der Waals surface area (Å²) in [6.07, 6.45) is 5.65. The average molecular weight is 428 g/mol. The zero-order chi connectivity index (χ0) is 21.9. The zero-order valence-electron chi connectivity index (χ0n) is 17.9. The molecule has 3 heterocycles. The van der Waals surface area contributed by atoms with E-state index in [9.17, 15) is 4.79 Å². The summed E-state index contributed by atoms with van der Waals surface area (Å²) >= 11 is 0. The number of methoxy groups -OCH3 is 1. The molecule has 0 aliphatic carbocycles. The molecule has 1 fully saturated rings. The lowest BCUT2D eigenvalue weighted by Gasteiger charge is -2.33. The molecule has 4 aromatic rings. The van der Waals surface area contributed by atoms with E-state index in [1.807, 2.05) is 82.5 Å². The van der Waals surface area contributed by atoms with Gasteiger partial charge in [0.25, 0.3) is 0 Å². The van der Waals surface area contributed by atoms with Crippen molar-refractivity contribution in [2.45, 2.75) is 18.8 Å². The highest BCUT2D eigenvalue weighted by atomic mass is 16.5. The average Bonchev–Trinajstić information content (AvgIpc) is 3.29. The van der Waals surface area contributed by atoms with Crippen molar-refractivity contribution in [3.8, 4) is 16.9 Å². The number of nitrogens with zero attached hydrogens (tertiary/aromatic N) is 4. The van der Waals surface area contributed by atoms with Gasteiger partial charge >= 0.3 is 6.03 Å². The van der Waals surface area contributed by atoms with Gasteiger partial charge in [-0.3, -0.25) is 0 Å². The lowest BCUT2D eigenvalue weighted by Crippen LogP contribution is -2.42. The van der Waals surface area contributed by atoms with Gasteiger partial charge in [-0.1, -0.05) is 30.3 Å². The zero-order valence-corrected chi connectivity index (χ0v) is 17.9. The second-order valence-electron chi connectivity index (χ2n) is 7.97. The van der Waals surface area contributed by atoms with Crippen LogP contribution in [-0.4, -0.2) is 45.7 Å². The van der Waals surface area contributed by atoms with Gasteiger partial charge in [0.15, 0.2) is 5.65 Å². The maximum atomic E-state index is 12.8. The van der Waals surface area contributed by atoms with Crippen LogP contribution in [-0.2, 0) is 0 Å². The van der Waals surface area contributed by atoms with Gasteiger partial charge in [-0.2, -0.15) is 5.10 Å². The molecule has 1 unspecified atom stereocenters. The van der Waals surface area contributed by atoms with Crippen LogP contribution in [0.5, 0.6) is 5.75 Å². The van der Waals surface area contributed by atoms with Crippen LogP contribution < -0.4 is 10.1 Å². The highest BCUT2D eigenvalue weighted by Crippen LogP contribution is 2.31. The minimum absolute atomic E-state index is 0.0643. The van der Waals surface area contributed by atoms with E-state index in [1.54, 1.807) is 7.11 Å². The van der Waals surface area contributed by atoms with E-state index < -0.39 is 0 Å². The summed E-state index contributed by atoms with van der Waals surface area (Å²) in [5, 5.41) is 7.65. The first-order chi connectivity index (χ1) is 15.7. The number of nitrogens with one attached hydrogen (secondary N) is 1. The third-order valence-corrected chi connectivity index (χ3v) is 5.98. The van der Waals surface area contributed by atoms with Gasteiger partial charge in [0, 0.05) is 36.5 Å². The maximum Gasteiger partial charge on any atom is 0.321 e. The van der Waals surface area contributed by atoms with Gasteiger partial charge in [-0.25, -0.2) is 14.3 Å². The van der Waals surface area contributed by atoms with E-state index in [1.165, 1.54) is 0 Å². The van der Waals surface area contributed by atoms with E-state index in [-0.39, 0.29) is 11.9 Å². The normalized spacial score (nSPS) is 16.2. The fraction of sp³-hybridized carbons (Fsp3) is 0.240. The minimum atomic E-state index is -0.0643. The molecule has 0 bridgehead atoms. The minimum Gasteiger partial charge on any atom is -0.497 e. The number of carbonyl (C=O) groups excluding carboxylic acids is 1. The summed E-state index contributed by atoms with van der Waals surface area (Å²) in [4.78, 5) is 19.3. The molecule has 1 aliphatic heterocycles. The number of carbonyl (C=O) groups is 1. The second-order valence-corrected chi connectivity index (χ2v) is 7.97. The first kappa shape index (κ1) is 20.1. The lowest BCUT2D eigenvalue weighted by molar-refractivity contribution is 0.191. The maximum absolute atomic E-state index is 12.8. The predicted molar refractivity (Wildman–Crippen MR) is 124 cm³/mol. The highest BCUT2D eigenvalue weighted by molar-refractivity contribution is 5.89. The number of aromatic nitrogens is 3. The van der Waals surface area contributed by atoms with E-state index >= 15 is 0 Å². The summed E-state index contributed by atoms with van der Waals surface area (Å²) in [6, 6.07) is 19.4. The third-order valence-electron chi connectivity index (χ3n) is 5.98. The molecule has 1 saturated heterocycles. The van der Waals surface area contributed by atoms with Gasteiger partial charge in [0.2, 0.25) is 0 Å². The molecule has 2 aromatic heterocycles. The second kappa shape index (κ2) is 8.70. The van der Waals surface area contributed by atoms with Crippen LogP contribution in [0.3, 0.4) is 0 Å². The molecular formula is C25H25N5O2. The number of piperidine rings is 1. The number of fused-ring (bicyclic) bond motifs is 1. The molecule has 1 aliphatic rings. The van der Waals surface area contributed by atoms with Crippen LogP contribution in [0.25, 0.3) is 16.8 Å². The Morgan fingerprint density at radius 2 is 1.91 bits per heavy atom. The Morgan fingerprint density at radius 1 is 1.09 bits per heavy atom. The molecule has 7 nitrogen and oxygen atoms in total. The Morgan fingerprint density at radius 3 is 2.69 bits per heavy atom. The lowest BCUT2D eigenvalue weighted by atomic mass is 9.94. The van der Waals surface area contributed by atoms with Crippen molar-refractivity contribution >= 4 is 17.4 Å². The molecule has 2 aromatic carbocycles. The number of urea groups is 1. The summed E-state index contributed by atoms with van der Waals surface area (Å²) in [5.41, 5.74) is 4.72. The Bertz CT molecular complexity index is 1220. The number of anilines is 1. The first-order valence-electron chi connectivity index (χ1n) is 10.8. The number of hydrogen-bond donors (Lipinski definition) is 1. The highest BCUT2D eigenvalue weighted by Gasteiger charge is 2.27. The van der Waals surface area contributed by atoms with Crippen LogP contribution in [0.15, 0.2) is 73.1 Å². The van der Waals surface area contributed by atoms with E-state index in [4.69, 9.17) is 4.74 Å². The summed E-state index contributed by atoms with van der Waals surface area (Å²) in [6.45, 7) is 1.40. The number of hydrogen-bond acceptors (Lipinski definition) is 4. The van der Waals surface area contributed by atoms with Crippen molar-refractivity contribution in [3.63, 3.8) is 0 Å². The summed E-state index contributed by atoms with van der Waals surface area (Å²) in [5.74, 6) is 1.01.